The molecule has 0 bridgehead atoms. The Bertz CT molecular complexity index is 714. The van der Waals surface area contributed by atoms with Crippen molar-refractivity contribution < 1.29 is 9.59 Å². The van der Waals surface area contributed by atoms with E-state index in [-0.39, 0.29) is 24.9 Å². The molecule has 2 amide bonds. The summed E-state index contributed by atoms with van der Waals surface area (Å²) in [4.78, 5) is 30.6. The third-order valence-electron chi connectivity index (χ3n) is 3.74. The van der Waals surface area contributed by atoms with Crippen molar-refractivity contribution in [2.75, 3.05) is 25.9 Å². The van der Waals surface area contributed by atoms with E-state index in [4.69, 9.17) is 0 Å². The molecule has 0 saturated carbocycles. The summed E-state index contributed by atoms with van der Waals surface area (Å²) in [7, 11) is 0. The van der Waals surface area contributed by atoms with E-state index < -0.39 is 0 Å². The molecular weight excluding hydrogens is 324 g/mol. The van der Waals surface area contributed by atoms with Gasteiger partial charge in [0.15, 0.2) is 0 Å². The van der Waals surface area contributed by atoms with E-state index in [9.17, 15) is 9.59 Å². The minimum absolute atomic E-state index is 0.0748. The number of hydrogen-bond donors (Lipinski definition) is 1. The van der Waals surface area contributed by atoms with Crippen LogP contribution in [0.1, 0.15) is 19.7 Å². The maximum Gasteiger partial charge on any atom is 0.243 e. The van der Waals surface area contributed by atoms with Crippen LogP contribution in [0.25, 0.3) is 11.0 Å². The second-order valence-electron chi connectivity index (χ2n) is 5.40. The van der Waals surface area contributed by atoms with Crippen LogP contribution in [0, 0.1) is 0 Å². The maximum atomic E-state index is 12.7. The number of rotatable bonds is 8. The Hall–Kier alpha value is -2.02. The van der Waals surface area contributed by atoms with Crippen molar-refractivity contribution in [3.8, 4) is 0 Å². The van der Waals surface area contributed by atoms with Crippen LogP contribution in [0.4, 0.5) is 0 Å². The Labute approximate surface area is 146 Å². The van der Waals surface area contributed by atoms with Crippen LogP contribution >= 0.6 is 11.8 Å². The average Bonchev–Trinajstić information content (AvgIpc) is 2.91. The molecule has 2 rings (SSSR count). The first-order valence-corrected chi connectivity index (χ1v) is 9.47. The maximum absolute atomic E-state index is 12.7. The van der Waals surface area contributed by atoms with E-state index in [0.29, 0.717) is 13.1 Å². The lowest BCUT2D eigenvalue weighted by Gasteiger charge is -2.21. The number of carbonyl (C=O) groups excluding carboxylic acids is 2. The van der Waals surface area contributed by atoms with Gasteiger partial charge in [0, 0.05) is 13.1 Å². The fourth-order valence-electron chi connectivity index (χ4n) is 2.58. The first kappa shape index (κ1) is 18.3. The minimum atomic E-state index is -0.132. The molecule has 0 radical (unpaired) electrons. The van der Waals surface area contributed by atoms with Crippen LogP contribution in [0.15, 0.2) is 24.3 Å². The van der Waals surface area contributed by atoms with Gasteiger partial charge in [0.1, 0.15) is 12.4 Å². The molecule has 1 aromatic heterocycles. The third kappa shape index (κ3) is 4.29. The molecule has 6 nitrogen and oxygen atoms in total. The summed E-state index contributed by atoms with van der Waals surface area (Å²) in [5.41, 5.74) is 1.84. The molecule has 1 N–H and O–H groups in total. The van der Waals surface area contributed by atoms with Crippen LogP contribution in [-0.2, 0) is 21.9 Å². The predicted molar refractivity (Wildman–Crippen MR) is 97.9 cm³/mol. The molecule has 2 aromatic rings. The number of fused-ring (bicyclic) bond motifs is 1. The van der Waals surface area contributed by atoms with Gasteiger partial charge in [-0.25, -0.2) is 4.98 Å². The first-order valence-electron chi connectivity index (χ1n) is 8.08. The van der Waals surface area contributed by atoms with Gasteiger partial charge in [-0.2, -0.15) is 11.8 Å². The van der Waals surface area contributed by atoms with Crippen molar-refractivity contribution in [3.63, 3.8) is 0 Å². The SMILES string of the molecule is CCNC(=O)CN(CC)C(=O)Cn1c(CSC)nc2ccccc21. The van der Waals surface area contributed by atoms with Crippen molar-refractivity contribution in [3.05, 3.63) is 30.1 Å². The normalized spacial score (nSPS) is 10.8. The topological polar surface area (TPSA) is 67.2 Å². The van der Waals surface area contributed by atoms with E-state index in [2.05, 4.69) is 10.3 Å². The highest BCUT2D eigenvalue weighted by atomic mass is 32.2. The summed E-state index contributed by atoms with van der Waals surface area (Å²) < 4.78 is 1.95. The van der Waals surface area contributed by atoms with Gasteiger partial charge in [-0.1, -0.05) is 12.1 Å². The molecule has 1 aromatic carbocycles. The lowest BCUT2D eigenvalue weighted by atomic mass is 10.3. The van der Waals surface area contributed by atoms with E-state index in [1.54, 1.807) is 16.7 Å². The Kier molecular flexibility index (Phi) is 6.66. The lowest BCUT2D eigenvalue weighted by Crippen LogP contribution is -2.42. The summed E-state index contributed by atoms with van der Waals surface area (Å²) in [5.74, 6) is 1.41. The van der Waals surface area contributed by atoms with Crippen molar-refractivity contribution >= 4 is 34.6 Å². The number of amides is 2. The van der Waals surface area contributed by atoms with Crippen molar-refractivity contribution in [1.29, 1.82) is 0 Å². The Balaban J connectivity index is 2.22. The standard InChI is InChI=1S/C17H24N4O2S/c1-4-18-16(22)10-20(5-2)17(23)11-21-14-9-7-6-8-13(14)19-15(21)12-24-3/h6-9H,4-5,10-12H2,1-3H3,(H,18,22). The predicted octanol–water partition coefficient (Wildman–Crippen LogP) is 1.88. The van der Waals surface area contributed by atoms with Gasteiger partial charge in [0.05, 0.1) is 23.3 Å². The van der Waals surface area contributed by atoms with E-state index in [0.717, 1.165) is 22.6 Å². The smallest absolute Gasteiger partial charge is 0.243 e. The van der Waals surface area contributed by atoms with Crippen molar-refractivity contribution in [1.82, 2.24) is 19.8 Å². The van der Waals surface area contributed by atoms with Crippen LogP contribution in [-0.4, -0.2) is 52.2 Å². The summed E-state index contributed by atoms with van der Waals surface area (Å²) in [6.45, 7) is 5.10. The van der Waals surface area contributed by atoms with Crippen LogP contribution in [0.3, 0.4) is 0 Å². The van der Waals surface area contributed by atoms with Crippen LogP contribution in [0.2, 0.25) is 0 Å². The molecule has 24 heavy (non-hydrogen) atoms. The largest absolute Gasteiger partial charge is 0.355 e. The molecule has 0 aliphatic rings. The first-order chi connectivity index (χ1) is 11.6. The van der Waals surface area contributed by atoms with Crippen LogP contribution < -0.4 is 5.32 Å². The van der Waals surface area contributed by atoms with Gasteiger partial charge >= 0.3 is 0 Å². The second kappa shape index (κ2) is 8.73. The second-order valence-corrected chi connectivity index (χ2v) is 6.26. The lowest BCUT2D eigenvalue weighted by molar-refractivity contribution is -0.136. The Morgan fingerprint density at radius 1 is 1.29 bits per heavy atom. The number of likely N-dealkylation sites (N-methyl/N-ethyl adjacent to an activating group) is 2. The molecule has 0 aliphatic carbocycles. The number of aromatic nitrogens is 2. The zero-order chi connectivity index (χ0) is 17.5. The molecule has 0 spiro atoms. The van der Waals surface area contributed by atoms with E-state index >= 15 is 0 Å². The fraction of sp³-hybridized carbons (Fsp3) is 0.471. The molecule has 0 unspecified atom stereocenters. The minimum Gasteiger partial charge on any atom is -0.355 e. The monoisotopic (exact) mass is 348 g/mol. The fourth-order valence-corrected chi connectivity index (χ4v) is 3.06. The van der Waals surface area contributed by atoms with Gasteiger partial charge < -0.3 is 14.8 Å². The number of hydrogen-bond acceptors (Lipinski definition) is 4. The summed E-state index contributed by atoms with van der Waals surface area (Å²) >= 11 is 1.67. The zero-order valence-corrected chi connectivity index (χ0v) is 15.2. The van der Waals surface area contributed by atoms with Gasteiger partial charge in [0.2, 0.25) is 11.8 Å². The zero-order valence-electron chi connectivity index (χ0n) is 14.4. The highest BCUT2D eigenvalue weighted by Crippen LogP contribution is 2.19. The Morgan fingerprint density at radius 3 is 2.71 bits per heavy atom. The molecular formula is C17H24N4O2S. The summed E-state index contributed by atoms with van der Waals surface area (Å²) in [6, 6.07) is 7.81. The van der Waals surface area contributed by atoms with Gasteiger partial charge in [0.25, 0.3) is 0 Å². The number of carbonyl (C=O) groups is 2. The summed E-state index contributed by atoms with van der Waals surface area (Å²) in [6.07, 6.45) is 2.01. The highest BCUT2D eigenvalue weighted by molar-refractivity contribution is 7.97. The quantitative estimate of drug-likeness (QED) is 0.791. The van der Waals surface area contributed by atoms with Gasteiger partial charge in [-0.05, 0) is 32.2 Å². The summed E-state index contributed by atoms with van der Waals surface area (Å²) in [5, 5.41) is 2.73. The average molecular weight is 348 g/mol. The van der Waals surface area contributed by atoms with E-state index in [1.165, 1.54) is 0 Å². The van der Waals surface area contributed by atoms with Crippen molar-refractivity contribution in [2.45, 2.75) is 26.1 Å². The van der Waals surface area contributed by atoms with E-state index in [1.807, 2.05) is 48.9 Å². The number of nitrogens with zero attached hydrogens (tertiary/aromatic N) is 3. The number of benzene rings is 1. The van der Waals surface area contributed by atoms with Crippen molar-refractivity contribution in [2.24, 2.45) is 0 Å². The number of nitrogens with one attached hydrogen (secondary N) is 1. The number of para-hydroxylation sites is 2. The molecule has 1 heterocycles. The molecule has 130 valence electrons. The molecule has 0 fully saturated rings. The molecule has 7 heteroatoms. The third-order valence-corrected chi connectivity index (χ3v) is 4.29. The highest BCUT2D eigenvalue weighted by Gasteiger charge is 2.19. The molecule has 0 atom stereocenters. The number of thioether (sulfide) groups is 1. The number of imidazole rings is 1. The van der Waals surface area contributed by atoms with Gasteiger partial charge in [-0.15, -0.1) is 0 Å². The molecule has 0 saturated heterocycles. The van der Waals surface area contributed by atoms with Crippen LogP contribution in [0.5, 0.6) is 0 Å². The molecule has 0 aliphatic heterocycles. The van der Waals surface area contributed by atoms with Gasteiger partial charge in [-0.3, -0.25) is 9.59 Å². The Morgan fingerprint density at radius 2 is 2.04 bits per heavy atom.